The van der Waals surface area contributed by atoms with Crippen LogP contribution in [-0.2, 0) is 6.42 Å². The van der Waals surface area contributed by atoms with E-state index in [1.165, 1.54) is 0 Å². The summed E-state index contributed by atoms with van der Waals surface area (Å²) >= 11 is 0. The highest BCUT2D eigenvalue weighted by atomic mass is 16.5. The Balaban J connectivity index is 2.55. The summed E-state index contributed by atoms with van der Waals surface area (Å²) in [5.41, 5.74) is 2.58. The lowest BCUT2D eigenvalue weighted by Crippen LogP contribution is -2.09. The minimum Gasteiger partial charge on any atom is -0.497 e. The van der Waals surface area contributed by atoms with Gasteiger partial charge in [-0.05, 0) is 25.0 Å². The van der Waals surface area contributed by atoms with E-state index >= 15 is 0 Å². The molecule has 0 fully saturated rings. The number of nitrogens with zero attached hydrogens (tertiary/aromatic N) is 2. The van der Waals surface area contributed by atoms with Crippen molar-refractivity contribution < 1.29 is 14.2 Å². The Morgan fingerprint density at radius 2 is 1.79 bits per heavy atom. The third-order valence-electron chi connectivity index (χ3n) is 3.68. The van der Waals surface area contributed by atoms with Gasteiger partial charge in [-0.3, -0.25) is 0 Å². The summed E-state index contributed by atoms with van der Waals surface area (Å²) in [5.74, 6) is 2.50. The van der Waals surface area contributed by atoms with Crippen LogP contribution in [0.25, 0.3) is 11.4 Å². The Labute approximate surface area is 143 Å². The zero-order valence-corrected chi connectivity index (χ0v) is 15.0. The van der Waals surface area contributed by atoms with Gasteiger partial charge in [-0.25, -0.2) is 4.98 Å². The van der Waals surface area contributed by atoms with Crippen molar-refractivity contribution in [3.8, 4) is 28.8 Å². The van der Waals surface area contributed by atoms with Crippen LogP contribution in [0.3, 0.4) is 0 Å². The van der Waals surface area contributed by atoms with Crippen LogP contribution < -0.4 is 19.5 Å². The highest BCUT2D eigenvalue weighted by molar-refractivity contribution is 5.69. The number of ether oxygens (including phenoxy) is 3. The Morgan fingerprint density at radius 1 is 1.00 bits per heavy atom. The molecule has 2 aromatic rings. The second-order valence-corrected chi connectivity index (χ2v) is 5.22. The van der Waals surface area contributed by atoms with Crippen molar-refractivity contribution >= 4 is 5.69 Å². The number of methoxy groups -OCH3 is 3. The van der Waals surface area contributed by atoms with Crippen molar-refractivity contribution in [3.63, 3.8) is 0 Å². The van der Waals surface area contributed by atoms with Gasteiger partial charge in [0.2, 0.25) is 5.88 Å². The molecule has 6 heteroatoms. The minimum atomic E-state index is 0.545. The largest absolute Gasteiger partial charge is 0.497 e. The summed E-state index contributed by atoms with van der Waals surface area (Å²) < 4.78 is 16.2. The van der Waals surface area contributed by atoms with Crippen LogP contribution in [0.15, 0.2) is 18.2 Å². The molecule has 1 aromatic heterocycles. The Hall–Kier alpha value is -2.50. The van der Waals surface area contributed by atoms with E-state index in [1.54, 1.807) is 21.3 Å². The Bertz CT molecular complexity index is 664. The fraction of sp³-hybridized carbons (Fsp3) is 0.444. The van der Waals surface area contributed by atoms with Crippen LogP contribution in [-0.4, -0.2) is 37.8 Å². The molecular weight excluding hydrogens is 306 g/mol. The van der Waals surface area contributed by atoms with Gasteiger partial charge >= 0.3 is 0 Å². The maximum absolute atomic E-state index is 5.49. The van der Waals surface area contributed by atoms with Gasteiger partial charge in [-0.2, -0.15) is 4.98 Å². The summed E-state index contributed by atoms with van der Waals surface area (Å²) in [6, 6.07) is 5.58. The number of hydrogen-bond acceptors (Lipinski definition) is 6. The Morgan fingerprint density at radius 3 is 2.38 bits per heavy atom. The van der Waals surface area contributed by atoms with Crippen molar-refractivity contribution in [2.75, 3.05) is 33.2 Å². The van der Waals surface area contributed by atoms with E-state index in [0.29, 0.717) is 17.5 Å². The van der Waals surface area contributed by atoms with Crippen molar-refractivity contribution in [3.05, 3.63) is 23.9 Å². The summed E-state index contributed by atoms with van der Waals surface area (Å²) in [5, 5.41) is 3.36. The molecule has 0 saturated heterocycles. The molecule has 0 atom stereocenters. The molecule has 0 spiro atoms. The molecule has 0 amide bonds. The molecule has 24 heavy (non-hydrogen) atoms. The summed E-state index contributed by atoms with van der Waals surface area (Å²) in [6.07, 6.45) is 1.79. The van der Waals surface area contributed by atoms with E-state index < -0.39 is 0 Å². The van der Waals surface area contributed by atoms with E-state index in [1.807, 2.05) is 18.2 Å². The first-order valence-corrected chi connectivity index (χ1v) is 8.09. The Kier molecular flexibility index (Phi) is 6.23. The molecule has 0 aliphatic rings. The van der Waals surface area contributed by atoms with Gasteiger partial charge in [-0.1, -0.05) is 13.8 Å². The molecule has 0 radical (unpaired) electrons. The summed E-state index contributed by atoms with van der Waals surface area (Å²) in [4.78, 5) is 9.28. The van der Waals surface area contributed by atoms with E-state index in [-0.39, 0.29) is 0 Å². The lowest BCUT2D eigenvalue weighted by atomic mass is 10.1. The zero-order chi connectivity index (χ0) is 17.5. The number of rotatable bonds is 8. The van der Waals surface area contributed by atoms with Gasteiger partial charge in [0.25, 0.3) is 0 Å². The normalized spacial score (nSPS) is 10.4. The second-order valence-electron chi connectivity index (χ2n) is 5.22. The molecular formula is C18H25N3O3. The first-order chi connectivity index (χ1) is 11.7. The first-order valence-electron chi connectivity index (χ1n) is 8.09. The van der Waals surface area contributed by atoms with Crippen molar-refractivity contribution in [2.24, 2.45) is 0 Å². The molecule has 1 heterocycles. The van der Waals surface area contributed by atoms with Gasteiger partial charge in [0.15, 0.2) is 5.82 Å². The highest BCUT2D eigenvalue weighted by Gasteiger charge is 2.17. The first kappa shape index (κ1) is 17.8. The van der Waals surface area contributed by atoms with Crippen molar-refractivity contribution in [1.29, 1.82) is 0 Å². The third-order valence-corrected chi connectivity index (χ3v) is 3.68. The fourth-order valence-corrected chi connectivity index (χ4v) is 2.42. The quantitative estimate of drug-likeness (QED) is 0.798. The second kappa shape index (κ2) is 8.38. The topological polar surface area (TPSA) is 65.5 Å². The van der Waals surface area contributed by atoms with Crippen LogP contribution in [0.2, 0.25) is 0 Å². The van der Waals surface area contributed by atoms with E-state index in [9.17, 15) is 0 Å². The number of hydrogen-bond donors (Lipinski definition) is 1. The number of aryl methyl sites for hydroxylation is 1. The molecule has 0 aliphatic heterocycles. The number of benzene rings is 1. The molecule has 2 rings (SSSR count). The maximum atomic E-state index is 5.49. The van der Waals surface area contributed by atoms with E-state index in [4.69, 9.17) is 19.2 Å². The fourth-order valence-electron chi connectivity index (χ4n) is 2.42. The highest BCUT2D eigenvalue weighted by Crippen LogP contribution is 2.35. The summed E-state index contributed by atoms with van der Waals surface area (Å²) in [7, 11) is 4.86. The average molecular weight is 331 g/mol. The molecule has 0 aliphatic carbocycles. The van der Waals surface area contributed by atoms with Gasteiger partial charge < -0.3 is 19.5 Å². The minimum absolute atomic E-state index is 0.545. The molecule has 0 bridgehead atoms. The number of nitrogens with one attached hydrogen (secondary N) is 1. The van der Waals surface area contributed by atoms with Gasteiger partial charge in [-0.15, -0.1) is 0 Å². The van der Waals surface area contributed by atoms with Crippen LogP contribution in [0.4, 0.5) is 5.69 Å². The van der Waals surface area contributed by atoms with Gasteiger partial charge in [0, 0.05) is 12.6 Å². The lowest BCUT2D eigenvalue weighted by molar-refractivity contribution is 0.393. The molecule has 1 aromatic carbocycles. The van der Waals surface area contributed by atoms with E-state index in [0.717, 1.165) is 42.1 Å². The SMILES string of the molecule is CCCNc1c(CC)nc(-c2ccc(OC)cc2OC)nc1OC. The van der Waals surface area contributed by atoms with Gasteiger partial charge in [0.05, 0.1) is 32.6 Å². The molecule has 130 valence electrons. The standard InChI is InChI=1S/C18H25N3O3/c1-6-10-19-16-14(7-2)20-17(21-18(16)24-5)13-9-8-12(22-3)11-15(13)23-4/h8-9,11,19H,6-7,10H2,1-5H3. The maximum Gasteiger partial charge on any atom is 0.241 e. The predicted octanol–water partition coefficient (Wildman–Crippen LogP) is 3.55. The molecule has 1 N–H and O–H groups in total. The van der Waals surface area contributed by atoms with E-state index in [2.05, 4.69) is 24.1 Å². The molecule has 0 saturated carbocycles. The van der Waals surface area contributed by atoms with Crippen LogP contribution >= 0.6 is 0 Å². The third kappa shape index (κ3) is 3.69. The average Bonchev–Trinajstić information content (AvgIpc) is 2.64. The number of anilines is 1. The smallest absolute Gasteiger partial charge is 0.241 e. The van der Waals surface area contributed by atoms with Gasteiger partial charge in [0.1, 0.15) is 17.2 Å². The van der Waals surface area contributed by atoms with Crippen LogP contribution in [0.5, 0.6) is 17.4 Å². The zero-order valence-electron chi connectivity index (χ0n) is 15.0. The van der Waals surface area contributed by atoms with Crippen LogP contribution in [0.1, 0.15) is 26.0 Å². The summed E-state index contributed by atoms with van der Waals surface area (Å²) in [6.45, 7) is 5.02. The van der Waals surface area contributed by atoms with Crippen molar-refractivity contribution in [1.82, 2.24) is 9.97 Å². The lowest BCUT2D eigenvalue weighted by Gasteiger charge is -2.16. The molecule has 0 unspecified atom stereocenters. The van der Waals surface area contributed by atoms with Crippen molar-refractivity contribution in [2.45, 2.75) is 26.7 Å². The monoisotopic (exact) mass is 331 g/mol. The molecule has 6 nitrogen and oxygen atoms in total. The van der Waals surface area contributed by atoms with Crippen LogP contribution in [0, 0.1) is 0 Å². The predicted molar refractivity (Wildman–Crippen MR) is 95.3 cm³/mol. The number of aromatic nitrogens is 2.